The van der Waals surface area contributed by atoms with Crippen molar-refractivity contribution < 1.29 is 68.9 Å². The number of ether oxygens (including phenoxy) is 2. The Kier molecular flexibility index (Phi) is 24.4. The second-order valence-electron chi connectivity index (χ2n) is 18.4. The van der Waals surface area contributed by atoms with Crippen molar-refractivity contribution >= 4 is 104 Å². The maximum atomic E-state index is 13.1. The number of carboxylic acid groups (broad SMARTS) is 6. The third kappa shape index (κ3) is 18.1. The molecular formula is C62H52Cl4N6O16. The summed E-state index contributed by atoms with van der Waals surface area (Å²) in [6.45, 7) is 1.80. The van der Waals surface area contributed by atoms with Crippen LogP contribution < -0.4 is 11.1 Å². The molecule has 4 aromatic heterocycles. The number of carboxylic acids is 6. The summed E-state index contributed by atoms with van der Waals surface area (Å²) in [4.78, 5) is 89.4. The molecule has 0 aliphatic heterocycles. The summed E-state index contributed by atoms with van der Waals surface area (Å²) >= 11 is 24.9. The van der Waals surface area contributed by atoms with Crippen molar-refractivity contribution in [1.29, 1.82) is 0 Å². The molecule has 0 amide bonds. The van der Waals surface area contributed by atoms with Gasteiger partial charge >= 0.3 is 35.8 Å². The van der Waals surface area contributed by atoms with Gasteiger partial charge in [0.25, 0.3) is 11.1 Å². The molecular weight excluding hydrogens is 1230 g/mol. The van der Waals surface area contributed by atoms with E-state index in [1.807, 2.05) is 122 Å². The summed E-state index contributed by atoms with van der Waals surface area (Å²) in [7, 11) is 3.26. The lowest BCUT2D eigenvalue weighted by Gasteiger charge is -2.22. The van der Waals surface area contributed by atoms with Gasteiger partial charge in [-0.3, -0.25) is 9.59 Å². The van der Waals surface area contributed by atoms with Gasteiger partial charge in [-0.2, -0.15) is 0 Å². The van der Waals surface area contributed by atoms with Crippen LogP contribution in [-0.4, -0.2) is 122 Å². The average Bonchev–Trinajstić information content (AvgIpc) is 1.20. The van der Waals surface area contributed by atoms with Crippen molar-refractivity contribution in [2.24, 2.45) is 0 Å². The van der Waals surface area contributed by atoms with Crippen LogP contribution >= 0.6 is 46.4 Å². The molecule has 0 fully saturated rings. The van der Waals surface area contributed by atoms with Gasteiger partial charge in [0.2, 0.25) is 0 Å². The highest BCUT2D eigenvalue weighted by molar-refractivity contribution is 6.32. The molecule has 22 nitrogen and oxygen atoms in total. The van der Waals surface area contributed by atoms with E-state index in [2.05, 4.69) is 43.4 Å². The van der Waals surface area contributed by atoms with Crippen LogP contribution in [0.5, 0.6) is 0 Å². The van der Waals surface area contributed by atoms with Gasteiger partial charge in [-0.25, -0.2) is 38.7 Å². The van der Waals surface area contributed by atoms with Crippen molar-refractivity contribution in [3.05, 3.63) is 246 Å². The fraction of sp³-hybridized carbons (Fsp3) is 0.129. The Balaban J connectivity index is 0.000000220. The highest BCUT2D eigenvalue weighted by Crippen LogP contribution is 2.37. The molecule has 0 aliphatic rings. The monoisotopic (exact) mass is 1280 g/mol. The van der Waals surface area contributed by atoms with Gasteiger partial charge in [0, 0.05) is 95.1 Å². The topological polar surface area (TPSA) is 322 Å². The number of methoxy groups -OCH3 is 2. The molecule has 6 aromatic carbocycles. The lowest BCUT2D eigenvalue weighted by atomic mass is 9.94. The van der Waals surface area contributed by atoms with E-state index >= 15 is 0 Å². The number of benzene rings is 6. The number of aromatic nitrogens is 6. The van der Waals surface area contributed by atoms with Crippen LogP contribution in [0.1, 0.15) is 34.3 Å². The van der Waals surface area contributed by atoms with Crippen LogP contribution in [0.15, 0.2) is 193 Å². The van der Waals surface area contributed by atoms with Crippen LogP contribution in [0, 0.1) is 0 Å². The van der Waals surface area contributed by atoms with Crippen LogP contribution in [0.4, 0.5) is 0 Å². The van der Waals surface area contributed by atoms with Gasteiger partial charge < -0.3 is 58.4 Å². The second-order valence-corrected chi connectivity index (χ2v) is 20.2. The van der Waals surface area contributed by atoms with Gasteiger partial charge in [0.15, 0.2) is 0 Å². The molecule has 0 bridgehead atoms. The van der Waals surface area contributed by atoms with Crippen molar-refractivity contribution in [3.63, 3.8) is 0 Å². The first-order chi connectivity index (χ1) is 42.0. The number of imidazole rings is 2. The second kappa shape index (κ2) is 32.0. The zero-order valence-corrected chi connectivity index (χ0v) is 49.3. The van der Waals surface area contributed by atoms with Crippen LogP contribution in [0.25, 0.3) is 44.1 Å². The SMILES string of the molecule is COCCn1c(=O)cc(-c2cccc(Cl)c2)c2cc(C(c3ccc(Cl)cc3)n3ccnc3)ccc21.COCCn1c(=O)cc(-c2cccc(Cl)c2)c2cc(C(c3ccc(Cl)cc3)n3ccnc3)ccc21.O=C(O)C(=O)O.O=C(O)C(=O)O.O=C(O)C(=O)O. The zero-order chi connectivity index (χ0) is 64.2. The molecule has 0 saturated heterocycles. The third-order valence-electron chi connectivity index (χ3n) is 12.8. The minimum Gasteiger partial charge on any atom is -0.473 e. The van der Waals surface area contributed by atoms with Crippen molar-refractivity contribution in [2.45, 2.75) is 25.2 Å². The molecule has 0 aliphatic carbocycles. The maximum Gasteiger partial charge on any atom is 0.414 e. The predicted molar refractivity (Wildman–Crippen MR) is 329 cm³/mol. The Labute approximate surface area is 519 Å². The quantitative estimate of drug-likeness (QED) is 0.0551. The van der Waals surface area contributed by atoms with Crippen LogP contribution in [-0.2, 0) is 51.3 Å². The molecule has 0 radical (unpaired) electrons. The molecule has 0 spiro atoms. The lowest BCUT2D eigenvalue weighted by Crippen LogP contribution is -2.22. The van der Waals surface area contributed by atoms with Gasteiger partial charge in [0.1, 0.15) is 0 Å². The van der Waals surface area contributed by atoms with Crippen LogP contribution in [0.2, 0.25) is 20.1 Å². The largest absolute Gasteiger partial charge is 0.473 e. The molecule has 10 rings (SSSR count). The Morgan fingerprint density at radius 2 is 0.761 bits per heavy atom. The maximum absolute atomic E-state index is 13.1. The zero-order valence-electron chi connectivity index (χ0n) is 46.3. The summed E-state index contributed by atoms with van der Waals surface area (Å²) in [5.41, 5.74) is 9.23. The number of carbonyl (C=O) groups is 6. The molecule has 2 unspecified atom stereocenters. The van der Waals surface area contributed by atoms with Crippen LogP contribution in [0.3, 0.4) is 0 Å². The number of pyridine rings is 2. The van der Waals surface area contributed by atoms with Gasteiger partial charge in [-0.05, 0) is 117 Å². The lowest BCUT2D eigenvalue weighted by molar-refractivity contribution is -0.159. The van der Waals surface area contributed by atoms with Crippen molar-refractivity contribution in [2.75, 3.05) is 27.4 Å². The van der Waals surface area contributed by atoms with Crippen molar-refractivity contribution in [1.82, 2.24) is 28.2 Å². The smallest absolute Gasteiger partial charge is 0.414 e. The first kappa shape index (κ1) is 67.2. The molecule has 0 saturated carbocycles. The van der Waals surface area contributed by atoms with E-state index in [0.29, 0.717) is 46.4 Å². The number of hydrogen-bond acceptors (Lipinski definition) is 12. The third-order valence-corrected chi connectivity index (χ3v) is 13.8. The Morgan fingerprint density at radius 3 is 1.05 bits per heavy atom. The Bertz CT molecular complexity index is 3890. The molecule has 6 N–H and O–H groups in total. The number of rotatable bonds is 14. The molecule has 88 heavy (non-hydrogen) atoms. The van der Waals surface area contributed by atoms with E-state index in [1.165, 1.54) is 0 Å². The highest BCUT2D eigenvalue weighted by atomic mass is 35.5. The molecule has 10 aromatic rings. The first-order valence-electron chi connectivity index (χ1n) is 25.7. The summed E-state index contributed by atoms with van der Waals surface area (Å²) in [5.74, 6) is -10.9. The van der Waals surface area contributed by atoms with E-state index in [9.17, 15) is 9.59 Å². The van der Waals surface area contributed by atoms with Gasteiger partial charge in [0.05, 0.1) is 49.0 Å². The fourth-order valence-corrected chi connectivity index (χ4v) is 9.60. The summed E-state index contributed by atoms with van der Waals surface area (Å²) in [5, 5.41) is 48.9. The van der Waals surface area contributed by atoms with Gasteiger partial charge in [-0.1, -0.05) is 107 Å². The predicted octanol–water partition coefficient (Wildman–Crippen LogP) is 10.4. The fourth-order valence-electron chi connectivity index (χ4n) is 8.97. The normalized spacial score (nSPS) is 11.2. The minimum absolute atomic E-state index is 0.0823. The van der Waals surface area contributed by atoms with Crippen molar-refractivity contribution in [3.8, 4) is 22.3 Å². The van der Waals surface area contributed by atoms with E-state index < -0.39 is 35.8 Å². The standard InChI is InChI=1S/2C28H23Cl2N3O2.3C2H2O4/c2*1-35-14-13-33-26-10-7-21(28(32-12-11-31-18-32)19-5-8-22(29)9-6-19)16-25(26)24(17-27(33)34)20-3-2-4-23(30)15-20;3*3-1(4)2(5)6/h2*2-12,15-18,28H,13-14H2,1H3;3*(H,3,4)(H,5,6). The summed E-state index contributed by atoms with van der Waals surface area (Å²) in [6.07, 6.45) is 11.0. The molecule has 454 valence electrons. The number of nitrogens with zero attached hydrogens (tertiary/aromatic N) is 6. The number of fused-ring (bicyclic) bond motifs is 2. The average molecular weight is 1280 g/mol. The Morgan fingerprint density at radius 1 is 0.432 bits per heavy atom. The summed E-state index contributed by atoms with van der Waals surface area (Å²) in [6, 6.07) is 46.4. The van der Waals surface area contributed by atoms with E-state index in [1.54, 1.807) is 60.5 Å². The molecule has 4 heterocycles. The van der Waals surface area contributed by atoms with E-state index in [4.69, 9.17) is 115 Å². The highest BCUT2D eigenvalue weighted by Gasteiger charge is 2.22. The van der Waals surface area contributed by atoms with E-state index in [-0.39, 0.29) is 23.2 Å². The minimum atomic E-state index is -1.82. The Hall–Kier alpha value is -9.94. The molecule has 26 heteroatoms. The molecule has 2 atom stereocenters. The van der Waals surface area contributed by atoms with E-state index in [0.717, 1.165) is 66.3 Å². The van der Waals surface area contributed by atoms with Gasteiger partial charge in [-0.15, -0.1) is 0 Å². The summed E-state index contributed by atoms with van der Waals surface area (Å²) < 4.78 is 18.2. The number of hydrogen-bond donors (Lipinski definition) is 6. The first-order valence-corrected chi connectivity index (χ1v) is 27.2. The number of halogens is 4. The number of aliphatic carboxylic acids is 6.